The number of pyridine rings is 1. The van der Waals surface area contributed by atoms with Crippen molar-refractivity contribution in [2.24, 2.45) is 0 Å². The Hall–Kier alpha value is -2.86. The number of rotatable bonds is 1. The lowest BCUT2D eigenvalue weighted by atomic mass is 10.1. The molecule has 0 spiro atoms. The number of H-pyrrole nitrogens is 1. The molecule has 1 N–H and O–H groups in total. The van der Waals surface area contributed by atoms with E-state index in [1.807, 2.05) is 48.2 Å². The number of nitrogens with zero attached hydrogens (tertiary/aromatic N) is 3. The number of aromatic nitrogens is 3. The lowest BCUT2D eigenvalue weighted by molar-refractivity contribution is 0.0759. The molecular formula is C21H21ClN4O2. The Kier molecular flexibility index (Phi) is 5.30. The Morgan fingerprint density at radius 1 is 1.25 bits per heavy atom. The van der Waals surface area contributed by atoms with E-state index in [0.29, 0.717) is 36.2 Å². The van der Waals surface area contributed by atoms with Crippen LogP contribution < -0.4 is 4.74 Å². The molecular weight excluding hydrogens is 376 g/mol. The second kappa shape index (κ2) is 8.02. The van der Waals surface area contributed by atoms with Crippen molar-refractivity contribution in [1.29, 1.82) is 0 Å². The van der Waals surface area contributed by atoms with Crippen LogP contribution in [0, 0.1) is 0 Å². The van der Waals surface area contributed by atoms with Gasteiger partial charge in [-0.2, -0.15) is 5.10 Å². The Labute approximate surface area is 168 Å². The zero-order valence-corrected chi connectivity index (χ0v) is 16.4. The van der Waals surface area contributed by atoms with E-state index in [9.17, 15) is 4.79 Å². The first-order chi connectivity index (χ1) is 13.7. The number of fused-ring (bicyclic) bond motifs is 2. The van der Waals surface area contributed by atoms with E-state index >= 15 is 0 Å². The van der Waals surface area contributed by atoms with Gasteiger partial charge in [-0.3, -0.25) is 9.89 Å². The zero-order valence-electron chi connectivity index (χ0n) is 15.6. The summed E-state index contributed by atoms with van der Waals surface area (Å²) in [6.45, 7) is 3.88. The van der Waals surface area contributed by atoms with Gasteiger partial charge in [-0.25, -0.2) is 4.98 Å². The maximum atomic E-state index is 12.9. The van der Waals surface area contributed by atoms with Crippen LogP contribution in [0.3, 0.4) is 0 Å². The van der Waals surface area contributed by atoms with E-state index < -0.39 is 0 Å². The van der Waals surface area contributed by atoms with Crippen molar-refractivity contribution in [3.63, 3.8) is 0 Å². The second-order valence-electron chi connectivity index (χ2n) is 6.69. The van der Waals surface area contributed by atoms with Crippen molar-refractivity contribution in [2.45, 2.75) is 19.8 Å². The van der Waals surface area contributed by atoms with Gasteiger partial charge in [0.05, 0.1) is 22.8 Å². The second-order valence-corrected chi connectivity index (χ2v) is 7.13. The molecule has 0 saturated carbocycles. The predicted molar refractivity (Wildman–Crippen MR) is 111 cm³/mol. The Morgan fingerprint density at radius 3 is 3.00 bits per heavy atom. The summed E-state index contributed by atoms with van der Waals surface area (Å²) >= 11 is 6.12. The molecule has 1 aliphatic heterocycles. The number of ether oxygens (including phenoxy) is 1. The Morgan fingerprint density at radius 2 is 2.14 bits per heavy atom. The molecule has 2 bridgehead atoms. The van der Waals surface area contributed by atoms with E-state index in [1.54, 1.807) is 6.20 Å². The molecule has 0 unspecified atom stereocenters. The van der Waals surface area contributed by atoms with E-state index in [4.69, 9.17) is 16.3 Å². The first-order valence-corrected chi connectivity index (χ1v) is 9.77. The third-order valence-corrected chi connectivity index (χ3v) is 5.04. The summed E-state index contributed by atoms with van der Waals surface area (Å²) < 4.78 is 5.86. The third kappa shape index (κ3) is 3.73. The molecule has 144 valence electrons. The molecule has 7 heteroatoms. The molecule has 2 aromatic heterocycles. The lowest BCUT2D eigenvalue weighted by Gasteiger charge is -2.21. The van der Waals surface area contributed by atoms with Crippen molar-refractivity contribution in [3.05, 3.63) is 52.3 Å². The number of nitrogens with one attached hydrogen (secondary N) is 1. The highest BCUT2D eigenvalue weighted by molar-refractivity contribution is 6.30. The van der Waals surface area contributed by atoms with Gasteiger partial charge >= 0.3 is 0 Å². The number of halogens is 1. The van der Waals surface area contributed by atoms with Gasteiger partial charge in [-0.1, -0.05) is 11.6 Å². The number of carbonyl (C=O) groups excluding carboxylic acids is 1. The van der Waals surface area contributed by atoms with Crippen molar-refractivity contribution < 1.29 is 9.53 Å². The highest BCUT2D eigenvalue weighted by atomic mass is 35.5. The summed E-state index contributed by atoms with van der Waals surface area (Å²) in [6.07, 6.45) is 7.03. The van der Waals surface area contributed by atoms with Crippen LogP contribution in [0.25, 0.3) is 23.1 Å². The molecule has 0 fully saturated rings. The molecule has 28 heavy (non-hydrogen) atoms. The van der Waals surface area contributed by atoms with Crippen molar-refractivity contribution in [2.75, 3.05) is 19.7 Å². The largest absolute Gasteiger partial charge is 0.477 e. The number of aromatic amines is 1. The number of hydrogen-bond donors (Lipinski definition) is 1. The Balaban J connectivity index is 1.80. The molecule has 0 atom stereocenters. The molecule has 1 amide bonds. The minimum Gasteiger partial charge on any atom is -0.477 e. The quantitative estimate of drug-likeness (QED) is 0.661. The van der Waals surface area contributed by atoms with Crippen molar-refractivity contribution in [3.8, 4) is 5.88 Å². The average Bonchev–Trinajstić information content (AvgIpc) is 3.11. The number of hydrogen-bond acceptors (Lipinski definition) is 4. The summed E-state index contributed by atoms with van der Waals surface area (Å²) in [5.41, 5.74) is 3.08. The van der Waals surface area contributed by atoms with E-state index in [1.165, 1.54) is 0 Å². The van der Waals surface area contributed by atoms with E-state index in [2.05, 4.69) is 15.2 Å². The summed E-state index contributed by atoms with van der Waals surface area (Å²) in [5.74, 6) is 0.576. The van der Waals surface area contributed by atoms with Crippen LogP contribution in [-0.2, 0) is 0 Å². The summed E-state index contributed by atoms with van der Waals surface area (Å²) in [6, 6.07) is 7.46. The molecule has 6 nitrogen and oxygen atoms in total. The van der Waals surface area contributed by atoms with Crippen molar-refractivity contribution in [1.82, 2.24) is 20.1 Å². The van der Waals surface area contributed by atoms with Gasteiger partial charge in [0.1, 0.15) is 0 Å². The van der Waals surface area contributed by atoms with Gasteiger partial charge < -0.3 is 9.64 Å². The normalized spacial score (nSPS) is 16.4. The highest BCUT2D eigenvalue weighted by Gasteiger charge is 2.16. The van der Waals surface area contributed by atoms with Gasteiger partial charge in [0.15, 0.2) is 0 Å². The topological polar surface area (TPSA) is 71.1 Å². The van der Waals surface area contributed by atoms with Gasteiger partial charge in [0, 0.05) is 35.8 Å². The molecule has 1 aromatic carbocycles. The Bertz CT molecular complexity index is 1040. The standard InChI is InChI=1S/C21H21ClN4O2/c1-2-26-9-3-4-10-28-20-14(11-16(22)13-23-20)5-7-18-17-12-15(21(26)27)6-8-19(17)25-24-18/h5-8,11-13H,2-4,9-10H2,1H3,(H,24,25)/b7-5-. The summed E-state index contributed by atoms with van der Waals surface area (Å²) in [4.78, 5) is 19.1. The molecule has 1 aliphatic rings. The monoisotopic (exact) mass is 396 g/mol. The minimum atomic E-state index is 0.0352. The summed E-state index contributed by atoms with van der Waals surface area (Å²) in [7, 11) is 0. The minimum absolute atomic E-state index is 0.0352. The van der Waals surface area contributed by atoms with Crippen LogP contribution in [0.15, 0.2) is 30.5 Å². The maximum absolute atomic E-state index is 12.9. The van der Waals surface area contributed by atoms with Gasteiger partial charge in [-0.05, 0) is 56.2 Å². The van der Waals surface area contributed by atoms with Gasteiger partial charge in [0.2, 0.25) is 5.88 Å². The molecule has 3 aromatic rings. The average molecular weight is 397 g/mol. The fourth-order valence-electron chi connectivity index (χ4n) is 3.30. The molecule has 0 radical (unpaired) electrons. The van der Waals surface area contributed by atoms with Crippen LogP contribution in [0.5, 0.6) is 5.88 Å². The van der Waals surface area contributed by atoms with Gasteiger partial charge in [0.25, 0.3) is 5.91 Å². The van der Waals surface area contributed by atoms with E-state index in [-0.39, 0.29) is 5.91 Å². The SMILES string of the molecule is CCN1CCCCOc2ncc(Cl)cc2/C=C\c2n[nH]c3ccc(cc23)C1=O. The van der Waals surface area contributed by atoms with Gasteiger partial charge in [-0.15, -0.1) is 0 Å². The maximum Gasteiger partial charge on any atom is 0.253 e. The molecule has 3 heterocycles. The van der Waals surface area contributed by atoms with Crippen LogP contribution in [-0.4, -0.2) is 45.7 Å². The fourth-order valence-corrected chi connectivity index (χ4v) is 3.47. The number of carbonyl (C=O) groups is 1. The van der Waals surface area contributed by atoms with Crippen LogP contribution in [0.2, 0.25) is 5.02 Å². The first kappa shape index (κ1) is 18.5. The van der Waals surface area contributed by atoms with E-state index in [0.717, 1.165) is 35.0 Å². The molecule has 0 aliphatic carbocycles. The summed E-state index contributed by atoms with van der Waals surface area (Å²) in [5, 5.41) is 8.83. The van der Waals surface area contributed by atoms with Crippen LogP contribution in [0.4, 0.5) is 0 Å². The predicted octanol–water partition coefficient (Wildman–Crippen LogP) is 4.42. The first-order valence-electron chi connectivity index (χ1n) is 9.39. The zero-order chi connectivity index (χ0) is 19.5. The van der Waals surface area contributed by atoms with Crippen molar-refractivity contribution >= 4 is 40.6 Å². The number of amides is 1. The molecule has 4 rings (SSSR count). The number of benzene rings is 1. The molecule has 0 saturated heterocycles. The fraction of sp³-hybridized carbons (Fsp3) is 0.286. The van der Waals surface area contributed by atoms with Crippen LogP contribution >= 0.6 is 11.6 Å². The lowest BCUT2D eigenvalue weighted by Crippen LogP contribution is -2.32. The highest BCUT2D eigenvalue weighted by Crippen LogP contribution is 2.25. The smallest absolute Gasteiger partial charge is 0.253 e. The van der Waals surface area contributed by atoms with Crippen LogP contribution in [0.1, 0.15) is 41.4 Å². The third-order valence-electron chi connectivity index (χ3n) is 4.84.